The maximum absolute atomic E-state index is 12.8. The molecule has 2 aliphatic rings. The Hall–Kier alpha value is -1.06. The number of halogens is 2. The molecule has 0 amide bonds. The molecule has 5 heteroatoms. The van der Waals surface area contributed by atoms with E-state index in [0.717, 1.165) is 24.6 Å². The van der Waals surface area contributed by atoms with Gasteiger partial charge in [0.15, 0.2) is 11.0 Å². The van der Waals surface area contributed by atoms with Crippen LogP contribution in [0.15, 0.2) is 29.0 Å². The second kappa shape index (κ2) is 4.85. The van der Waals surface area contributed by atoms with Crippen LogP contribution in [-0.2, 0) is 4.79 Å². The largest absolute Gasteiger partial charge is 0.318 e. The molecular weight excluding hydrogens is 232 g/mol. The van der Waals surface area contributed by atoms with Crippen LogP contribution in [0.3, 0.4) is 0 Å². The van der Waals surface area contributed by atoms with Crippen molar-refractivity contribution in [2.75, 3.05) is 5.75 Å². The van der Waals surface area contributed by atoms with Crippen LogP contribution in [0.1, 0.15) is 12.8 Å². The van der Waals surface area contributed by atoms with E-state index in [9.17, 15) is 13.6 Å². The minimum atomic E-state index is -2.45. The van der Waals surface area contributed by atoms with Crippen LogP contribution in [0, 0.1) is 0 Å². The van der Waals surface area contributed by atoms with Crippen molar-refractivity contribution in [3.05, 3.63) is 29.0 Å². The predicted octanol–water partition coefficient (Wildman–Crippen LogP) is 2.58. The van der Waals surface area contributed by atoms with Crippen LogP contribution in [-0.4, -0.2) is 29.1 Å². The molecule has 0 spiro atoms. The fourth-order valence-corrected chi connectivity index (χ4v) is 2.87. The minimum Gasteiger partial charge on any atom is -0.318 e. The highest BCUT2D eigenvalue weighted by molar-refractivity contribution is 8.03. The van der Waals surface area contributed by atoms with Crippen LogP contribution in [0.25, 0.3) is 0 Å². The first kappa shape index (κ1) is 11.4. The van der Waals surface area contributed by atoms with Gasteiger partial charge in [0.2, 0.25) is 0 Å². The Kier molecular flexibility index (Phi) is 3.46. The zero-order chi connectivity index (χ0) is 11.5. The van der Waals surface area contributed by atoms with E-state index in [4.69, 9.17) is 0 Å². The van der Waals surface area contributed by atoms with E-state index < -0.39 is 12.5 Å². The lowest BCUT2D eigenvalue weighted by atomic mass is 10.1. The first-order chi connectivity index (χ1) is 7.74. The Bertz CT molecular complexity index is 385. The number of rotatable bonds is 2. The summed E-state index contributed by atoms with van der Waals surface area (Å²) in [6.45, 7) is 0. The topological polar surface area (TPSA) is 20.3 Å². The van der Waals surface area contributed by atoms with Crippen LogP contribution in [0.5, 0.6) is 0 Å². The second-order valence-electron chi connectivity index (χ2n) is 3.60. The van der Waals surface area contributed by atoms with Gasteiger partial charge < -0.3 is 4.90 Å². The molecule has 0 saturated carbocycles. The highest BCUT2D eigenvalue weighted by Gasteiger charge is 2.37. The number of thioether (sulfide) groups is 1. The Morgan fingerprint density at radius 3 is 2.88 bits per heavy atom. The molecule has 1 atom stereocenters. The highest BCUT2D eigenvalue weighted by atomic mass is 32.2. The SMILES string of the molecule is O=C=C1SC[C@@H](C(F)F)N1C1=CCCC=C1. The van der Waals surface area contributed by atoms with Gasteiger partial charge in [-0.05, 0) is 18.9 Å². The van der Waals surface area contributed by atoms with Crippen molar-refractivity contribution < 1.29 is 13.6 Å². The summed E-state index contributed by atoms with van der Waals surface area (Å²) < 4.78 is 25.6. The van der Waals surface area contributed by atoms with Gasteiger partial charge >= 0.3 is 0 Å². The van der Waals surface area contributed by atoms with Crippen molar-refractivity contribution in [2.45, 2.75) is 25.3 Å². The third-order valence-electron chi connectivity index (χ3n) is 2.57. The first-order valence-corrected chi connectivity index (χ1v) is 6.04. The number of allylic oxidation sites excluding steroid dienone is 3. The Morgan fingerprint density at radius 1 is 1.50 bits per heavy atom. The van der Waals surface area contributed by atoms with Crippen molar-refractivity contribution in [3.8, 4) is 0 Å². The van der Waals surface area contributed by atoms with Crippen molar-refractivity contribution in [1.82, 2.24) is 4.90 Å². The van der Waals surface area contributed by atoms with Crippen molar-refractivity contribution >= 4 is 17.7 Å². The van der Waals surface area contributed by atoms with Gasteiger partial charge in [-0.15, -0.1) is 0 Å². The van der Waals surface area contributed by atoms with Crippen molar-refractivity contribution in [1.29, 1.82) is 0 Å². The average molecular weight is 243 g/mol. The van der Waals surface area contributed by atoms with E-state index >= 15 is 0 Å². The number of alkyl halides is 2. The quantitative estimate of drug-likeness (QED) is 0.695. The monoisotopic (exact) mass is 243 g/mol. The van der Waals surface area contributed by atoms with Crippen molar-refractivity contribution in [2.24, 2.45) is 0 Å². The molecule has 0 aromatic rings. The fraction of sp³-hybridized carbons (Fsp3) is 0.455. The molecule has 16 heavy (non-hydrogen) atoms. The van der Waals surface area contributed by atoms with E-state index in [2.05, 4.69) is 0 Å². The second-order valence-corrected chi connectivity index (χ2v) is 4.61. The molecule has 0 bridgehead atoms. The van der Waals surface area contributed by atoms with Gasteiger partial charge in [0.25, 0.3) is 6.43 Å². The van der Waals surface area contributed by atoms with Crippen LogP contribution in [0.4, 0.5) is 8.78 Å². The standard InChI is InChI=1S/C11H11F2NOS/c12-11(13)9-7-16-10(6-15)14(9)8-4-2-1-3-5-8/h2,4-5,9,11H,1,3,7H2/t9-/m0/s1. The van der Waals surface area contributed by atoms with E-state index in [1.165, 1.54) is 4.90 Å². The summed E-state index contributed by atoms with van der Waals surface area (Å²) in [5.41, 5.74) is 0.694. The number of hydrogen-bond acceptors (Lipinski definition) is 3. The van der Waals surface area contributed by atoms with E-state index in [0.29, 0.717) is 5.70 Å². The van der Waals surface area contributed by atoms with Gasteiger partial charge in [0.1, 0.15) is 6.04 Å². The van der Waals surface area contributed by atoms with E-state index in [1.807, 2.05) is 12.2 Å². The first-order valence-electron chi connectivity index (χ1n) is 5.06. The summed E-state index contributed by atoms with van der Waals surface area (Å²) in [6.07, 6.45) is 4.91. The lowest BCUT2D eigenvalue weighted by Crippen LogP contribution is -2.35. The summed E-state index contributed by atoms with van der Waals surface area (Å²) in [4.78, 5) is 12.1. The molecule has 0 N–H and O–H groups in total. The average Bonchev–Trinajstić information content (AvgIpc) is 2.73. The Morgan fingerprint density at radius 2 is 2.31 bits per heavy atom. The molecule has 0 aromatic heterocycles. The van der Waals surface area contributed by atoms with Gasteiger partial charge in [-0.2, -0.15) is 0 Å². The molecule has 1 aliphatic heterocycles. The zero-order valence-electron chi connectivity index (χ0n) is 8.53. The molecule has 0 aromatic carbocycles. The van der Waals surface area contributed by atoms with Gasteiger partial charge in [0.05, 0.1) is 0 Å². The lowest BCUT2D eigenvalue weighted by Gasteiger charge is -2.26. The smallest absolute Gasteiger partial charge is 0.259 e. The number of hydrogen-bond donors (Lipinski definition) is 0. The molecule has 86 valence electrons. The summed E-state index contributed by atoms with van der Waals surface area (Å²) in [7, 11) is 0. The highest BCUT2D eigenvalue weighted by Crippen LogP contribution is 2.37. The third-order valence-corrected chi connectivity index (χ3v) is 3.63. The summed E-state index contributed by atoms with van der Waals surface area (Å²) in [5, 5.41) is 0.267. The molecule has 1 saturated heterocycles. The van der Waals surface area contributed by atoms with Crippen LogP contribution < -0.4 is 0 Å². The molecule has 1 fully saturated rings. The zero-order valence-corrected chi connectivity index (χ0v) is 9.34. The maximum atomic E-state index is 12.8. The van der Waals surface area contributed by atoms with Gasteiger partial charge in [0, 0.05) is 11.4 Å². The maximum Gasteiger partial charge on any atom is 0.259 e. The fourth-order valence-electron chi connectivity index (χ4n) is 1.81. The van der Waals surface area contributed by atoms with Gasteiger partial charge in [-0.3, -0.25) is 0 Å². The number of carbonyl (C=O) groups excluding carboxylic acids is 1. The third kappa shape index (κ3) is 2.06. The van der Waals surface area contributed by atoms with Gasteiger partial charge in [-0.1, -0.05) is 23.9 Å². The molecular formula is C11H11F2NOS. The Labute approximate surface area is 96.7 Å². The van der Waals surface area contributed by atoms with Crippen LogP contribution >= 0.6 is 11.8 Å². The molecule has 0 unspecified atom stereocenters. The minimum absolute atomic E-state index is 0.243. The molecule has 2 rings (SSSR count). The van der Waals surface area contributed by atoms with E-state index in [1.54, 1.807) is 12.0 Å². The van der Waals surface area contributed by atoms with Gasteiger partial charge in [-0.25, -0.2) is 13.6 Å². The van der Waals surface area contributed by atoms with E-state index in [-0.39, 0.29) is 10.8 Å². The summed E-state index contributed by atoms with van der Waals surface area (Å²) in [5.74, 6) is 1.99. The van der Waals surface area contributed by atoms with Crippen molar-refractivity contribution in [3.63, 3.8) is 0 Å². The summed E-state index contributed by atoms with van der Waals surface area (Å²) in [6, 6.07) is -0.907. The lowest BCUT2D eigenvalue weighted by molar-refractivity contribution is 0.0764. The molecule has 2 nitrogen and oxygen atoms in total. The Balaban J connectivity index is 2.29. The van der Waals surface area contributed by atoms with Crippen LogP contribution in [0.2, 0.25) is 0 Å². The predicted molar refractivity (Wildman–Crippen MR) is 59.8 cm³/mol. The normalized spacial score (nSPS) is 24.9. The molecule has 1 aliphatic carbocycles. The molecule has 1 heterocycles. The number of nitrogens with zero attached hydrogens (tertiary/aromatic N) is 1. The molecule has 0 radical (unpaired) electrons. The summed E-state index contributed by atoms with van der Waals surface area (Å²) >= 11 is 1.14.